The topological polar surface area (TPSA) is 96.3 Å². The van der Waals surface area contributed by atoms with Crippen molar-refractivity contribution in [3.8, 4) is 0 Å². The summed E-state index contributed by atoms with van der Waals surface area (Å²) in [5.41, 5.74) is 0.402. The van der Waals surface area contributed by atoms with Gasteiger partial charge in [-0.15, -0.1) is 11.3 Å². The molecule has 0 radical (unpaired) electrons. The Balaban J connectivity index is 2.00. The van der Waals surface area contributed by atoms with Crippen molar-refractivity contribution < 1.29 is 9.72 Å². The Morgan fingerprint density at radius 1 is 1.24 bits per heavy atom. The number of anilines is 1. The molecule has 1 N–H and O–H groups in total. The van der Waals surface area contributed by atoms with Crippen molar-refractivity contribution in [1.82, 2.24) is 4.98 Å². The third-order valence-electron chi connectivity index (χ3n) is 4.87. The van der Waals surface area contributed by atoms with Crippen LogP contribution in [0.3, 0.4) is 0 Å². The van der Waals surface area contributed by atoms with Crippen molar-refractivity contribution in [2.75, 3.05) is 18.0 Å². The van der Waals surface area contributed by atoms with Crippen LogP contribution in [-0.4, -0.2) is 28.8 Å². The van der Waals surface area contributed by atoms with Gasteiger partial charge in [-0.05, 0) is 37.0 Å². The zero-order chi connectivity index (χ0) is 21.2. The van der Waals surface area contributed by atoms with Crippen molar-refractivity contribution in [2.45, 2.75) is 40.0 Å². The number of benzene rings is 1. The zero-order valence-corrected chi connectivity index (χ0v) is 17.7. The quantitative estimate of drug-likeness (QED) is 0.612. The van der Waals surface area contributed by atoms with Gasteiger partial charge in [0.1, 0.15) is 5.69 Å². The summed E-state index contributed by atoms with van der Waals surface area (Å²) < 4.78 is 0.874. The molecule has 0 aliphatic carbocycles. The highest BCUT2D eigenvalue weighted by atomic mass is 32.1. The van der Waals surface area contributed by atoms with E-state index in [9.17, 15) is 19.7 Å². The molecule has 2 heterocycles. The number of hydrogen-bond donors (Lipinski definition) is 1. The van der Waals surface area contributed by atoms with E-state index in [0.717, 1.165) is 32.4 Å². The third kappa shape index (κ3) is 5.00. The number of rotatable bonds is 4. The number of hydrogen-bond acceptors (Lipinski definition) is 6. The fourth-order valence-electron chi connectivity index (χ4n) is 3.19. The average Bonchev–Trinajstić information content (AvgIpc) is 3.00. The standard InChI is InChI=1S/C21H25N3O4S/c1-21(2,3)18(25)13-19-22-20(26)17(29-19)12-14-7-8-15(16(11-14)24(27)28)23-9-5-4-6-10-23/h7-8,11-13H,4-6,9-10H2,1-3H3,(H,22,26)/b17-12+,19-13+. The number of ketones is 1. The van der Waals surface area contributed by atoms with Crippen molar-refractivity contribution in [3.63, 3.8) is 0 Å². The van der Waals surface area contributed by atoms with Crippen molar-refractivity contribution in [2.24, 2.45) is 5.41 Å². The Morgan fingerprint density at radius 2 is 1.93 bits per heavy atom. The maximum atomic E-state index is 12.3. The lowest BCUT2D eigenvalue weighted by atomic mass is 9.91. The molecule has 29 heavy (non-hydrogen) atoms. The Kier molecular flexibility index (Phi) is 6.02. The van der Waals surface area contributed by atoms with Crippen LogP contribution in [0.25, 0.3) is 12.2 Å². The Morgan fingerprint density at radius 3 is 2.55 bits per heavy atom. The molecule has 154 valence electrons. The predicted octanol–water partition coefficient (Wildman–Crippen LogP) is 2.56. The van der Waals surface area contributed by atoms with Crippen LogP contribution in [-0.2, 0) is 4.79 Å². The maximum absolute atomic E-state index is 12.3. The smallest absolute Gasteiger partial charge is 0.293 e. The first-order valence-electron chi connectivity index (χ1n) is 9.65. The van der Waals surface area contributed by atoms with Crippen LogP contribution in [0, 0.1) is 15.5 Å². The summed E-state index contributed by atoms with van der Waals surface area (Å²) in [5, 5.41) is 11.6. The number of Topliss-reactive ketones (excluding diaryl/α,β-unsaturated/α-hetero) is 1. The van der Waals surface area contributed by atoms with Crippen molar-refractivity contribution >= 4 is 40.6 Å². The minimum absolute atomic E-state index is 0.0448. The van der Waals surface area contributed by atoms with Crippen LogP contribution >= 0.6 is 11.3 Å². The molecular formula is C21H25N3O4S. The van der Waals surface area contributed by atoms with Gasteiger partial charge in [0.15, 0.2) is 5.78 Å². The Bertz CT molecular complexity index is 1100. The number of nitrogens with one attached hydrogen (secondary N) is 1. The van der Waals surface area contributed by atoms with Crippen molar-refractivity contribution in [3.05, 3.63) is 53.4 Å². The van der Waals surface area contributed by atoms with Gasteiger partial charge in [0.05, 0.1) is 14.1 Å². The van der Waals surface area contributed by atoms with Gasteiger partial charge in [0, 0.05) is 30.6 Å². The van der Waals surface area contributed by atoms with E-state index in [2.05, 4.69) is 9.88 Å². The fourth-order valence-corrected chi connectivity index (χ4v) is 4.08. The molecule has 1 aromatic heterocycles. The second-order valence-electron chi connectivity index (χ2n) is 8.24. The highest BCUT2D eigenvalue weighted by Crippen LogP contribution is 2.31. The van der Waals surface area contributed by atoms with Gasteiger partial charge >= 0.3 is 0 Å². The number of carbonyl (C=O) groups excluding carboxylic acids is 1. The number of thiazole rings is 1. The largest absolute Gasteiger partial charge is 0.366 e. The molecule has 1 aliphatic heterocycles. The highest BCUT2D eigenvalue weighted by Gasteiger charge is 2.21. The first-order valence-corrected chi connectivity index (χ1v) is 10.5. The molecule has 7 nitrogen and oxygen atoms in total. The van der Waals surface area contributed by atoms with E-state index in [4.69, 9.17) is 0 Å². The molecule has 1 aromatic carbocycles. The number of aromatic nitrogens is 1. The van der Waals surface area contributed by atoms with Gasteiger partial charge in [0.25, 0.3) is 11.2 Å². The predicted molar refractivity (Wildman–Crippen MR) is 116 cm³/mol. The molecule has 0 unspecified atom stereocenters. The lowest BCUT2D eigenvalue weighted by molar-refractivity contribution is -0.384. The van der Waals surface area contributed by atoms with E-state index in [1.165, 1.54) is 23.5 Å². The first kappa shape index (κ1) is 21.0. The molecule has 0 saturated carbocycles. The second kappa shape index (κ2) is 8.32. The molecule has 2 aromatic rings. The van der Waals surface area contributed by atoms with E-state index < -0.39 is 5.41 Å². The Hall–Kier alpha value is -2.74. The van der Waals surface area contributed by atoms with Crippen LogP contribution in [0.2, 0.25) is 0 Å². The summed E-state index contributed by atoms with van der Waals surface area (Å²) in [6.45, 7) is 7.07. The molecule has 0 spiro atoms. The van der Waals surface area contributed by atoms with Crippen LogP contribution in [0.15, 0.2) is 23.0 Å². The van der Waals surface area contributed by atoms with Gasteiger partial charge in [-0.2, -0.15) is 0 Å². The van der Waals surface area contributed by atoms with E-state index in [1.807, 2.05) is 20.8 Å². The van der Waals surface area contributed by atoms with Crippen LogP contribution < -0.4 is 19.7 Å². The first-order chi connectivity index (χ1) is 13.6. The van der Waals surface area contributed by atoms with E-state index in [0.29, 0.717) is 20.4 Å². The molecule has 3 rings (SSSR count). The van der Waals surface area contributed by atoms with Gasteiger partial charge in [-0.3, -0.25) is 19.7 Å². The molecule has 0 bridgehead atoms. The molecular weight excluding hydrogens is 390 g/mol. The summed E-state index contributed by atoms with van der Waals surface area (Å²) in [7, 11) is 0. The molecule has 1 saturated heterocycles. The monoisotopic (exact) mass is 415 g/mol. The van der Waals surface area contributed by atoms with Gasteiger partial charge in [0.2, 0.25) is 0 Å². The SMILES string of the molecule is CC(C)(C)C(=O)/C=c1\[nH]c(=O)/c(=C\c2ccc(N3CCCCC3)c([N+](=O)[O-])c2)s1. The van der Waals surface area contributed by atoms with Gasteiger partial charge in [-0.25, -0.2) is 0 Å². The van der Waals surface area contributed by atoms with E-state index in [-0.39, 0.29) is 22.0 Å². The number of nitro benzene ring substituents is 1. The molecule has 1 aliphatic rings. The number of nitro groups is 1. The van der Waals surface area contributed by atoms with Crippen molar-refractivity contribution in [1.29, 1.82) is 0 Å². The molecule has 0 amide bonds. The minimum atomic E-state index is -0.532. The molecule has 1 fully saturated rings. The Labute approximate surface area is 172 Å². The maximum Gasteiger partial charge on any atom is 0.293 e. The molecule has 8 heteroatoms. The number of carbonyl (C=O) groups is 1. The number of H-pyrrole nitrogens is 1. The summed E-state index contributed by atoms with van der Waals surface area (Å²) in [6, 6.07) is 5.06. The highest BCUT2D eigenvalue weighted by molar-refractivity contribution is 7.07. The second-order valence-corrected chi connectivity index (χ2v) is 9.32. The van der Waals surface area contributed by atoms with Gasteiger partial charge < -0.3 is 9.88 Å². The van der Waals surface area contributed by atoms with Crippen LogP contribution in [0.1, 0.15) is 45.6 Å². The lowest BCUT2D eigenvalue weighted by Gasteiger charge is -2.28. The number of piperidine rings is 1. The third-order valence-corrected chi connectivity index (χ3v) is 5.84. The normalized spacial score (nSPS) is 16.3. The minimum Gasteiger partial charge on any atom is -0.366 e. The number of aromatic amines is 1. The summed E-state index contributed by atoms with van der Waals surface area (Å²) in [5.74, 6) is -0.0805. The summed E-state index contributed by atoms with van der Waals surface area (Å²) in [6.07, 6.45) is 6.26. The van der Waals surface area contributed by atoms with Crippen LogP contribution in [0.4, 0.5) is 11.4 Å². The zero-order valence-electron chi connectivity index (χ0n) is 16.9. The van der Waals surface area contributed by atoms with Crippen LogP contribution in [0.5, 0.6) is 0 Å². The number of nitrogens with zero attached hydrogens (tertiary/aromatic N) is 2. The van der Waals surface area contributed by atoms with E-state index in [1.54, 1.807) is 18.2 Å². The average molecular weight is 416 g/mol. The summed E-state index contributed by atoms with van der Waals surface area (Å²) in [4.78, 5) is 40.4. The fraction of sp³-hybridized carbons (Fsp3) is 0.429. The van der Waals surface area contributed by atoms with E-state index >= 15 is 0 Å². The summed E-state index contributed by atoms with van der Waals surface area (Å²) >= 11 is 1.17. The molecule has 0 atom stereocenters. The lowest BCUT2D eigenvalue weighted by Crippen LogP contribution is -2.29. The van der Waals surface area contributed by atoms with Gasteiger partial charge in [-0.1, -0.05) is 26.8 Å².